The molecule has 0 radical (unpaired) electrons. The van der Waals surface area contributed by atoms with Gasteiger partial charge in [0, 0.05) is 0 Å². The minimum Gasteiger partial charge on any atom is -0.376 e. The molecule has 0 heterocycles. The van der Waals surface area contributed by atoms with Crippen molar-refractivity contribution in [1.29, 1.82) is 0 Å². The zero-order chi connectivity index (χ0) is 10.4. The first-order chi connectivity index (χ1) is 6.02. The summed E-state index contributed by atoms with van der Waals surface area (Å²) in [5.74, 6) is 0. The maximum atomic E-state index is 10.5. The zero-order valence-electron chi connectivity index (χ0n) is 6.88. The van der Waals surface area contributed by atoms with Crippen molar-refractivity contribution >= 4 is 12.1 Å². The summed E-state index contributed by atoms with van der Waals surface area (Å²) in [7, 11) is 0. The minimum atomic E-state index is -0.915. The summed E-state index contributed by atoms with van der Waals surface area (Å²) in [6.45, 7) is -1.66. The van der Waals surface area contributed by atoms with Crippen LogP contribution in [0.15, 0.2) is 0 Å². The van der Waals surface area contributed by atoms with Crippen LogP contribution in [-0.4, -0.2) is 52.2 Å². The Morgan fingerprint density at radius 1 is 1.00 bits per heavy atom. The Bertz CT molecular complexity index is 177. The number of hydrogen-bond donors (Lipinski definition) is 4. The maximum Gasteiger partial charge on any atom is 0.318 e. The number of hydrogen-bond acceptors (Lipinski definition) is 4. The molecular formula is C5H12N4O4. The second-order valence-corrected chi connectivity index (χ2v) is 2.18. The molecule has 0 aromatic rings. The molecule has 0 bridgehead atoms. The molecule has 13 heavy (non-hydrogen) atoms. The highest BCUT2D eigenvalue weighted by Crippen LogP contribution is 1.91. The number of amides is 4. The number of carbonyl (C=O) groups is 2. The van der Waals surface area contributed by atoms with E-state index in [2.05, 4.69) is 0 Å². The van der Waals surface area contributed by atoms with E-state index < -0.39 is 25.5 Å². The number of primary amides is 2. The van der Waals surface area contributed by atoms with Gasteiger partial charge in [0.1, 0.15) is 20.1 Å². The molecule has 4 amide bonds. The van der Waals surface area contributed by atoms with Gasteiger partial charge in [-0.3, -0.25) is 9.80 Å². The van der Waals surface area contributed by atoms with Crippen molar-refractivity contribution in [2.24, 2.45) is 11.5 Å². The van der Waals surface area contributed by atoms with Crippen molar-refractivity contribution in [1.82, 2.24) is 9.80 Å². The van der Waals surface area contributed by atoms with E-state index >= 15 is 0 Å². The van der Waals surface area contributed by atoms with Gasteiger partial charge in [-0.15, -0.1) is 0 Å². The highest BCUT2D eigenvalue weighted by atomic mass is 16.3. The van der Waals surface area contributed by atoms with Gasteiger partial charge < -0.3 is 21.7 Å². The number of carbonyl (C=O) groups excluding carboxylic acids is 2. The lowest BCUT2D eigenvalue weighted by molar-refractivity contribution is 0.0549. The minimum absolute atomic E-state index is 0.350. The number of nitrogens with two attached hydrogens (primary N) is 2. The number of rotatable bonds is 4. The lowest BCUT2D eigenvalue weighted by Gasteiger charge is -2.24. The first kappa shape index (κ1) is 11.5. The molecule has 0 unspecified atom stereocenters. The fourth-order valence-corrected chi connectivity index (χ4v) is 0.574. The average Bonchev–Trinajstić information content (AvgIpc) is 2.05. The molecular weight excluding hydrogens is 180 g/mol. The summed E-state index contributed by atoms with van der Waals surface area (Å²) in [4.78, 5) is 22.5. The molecule has 0 spiro atoms. The predicted octanol–water partition coefficient (Wildman–Crippen LogP) is -2.40. The van der Waals surface area contributed by atoms with Crippen molar-refractivity contribution in [3.05, 3.63) is 0 Å². The summed E-state index contributed by atoms with van der Waals surface area (Å²) < 4.78 is 0. The van der Waals surface area contributed by atoms with Gasteiger partial charge >= 0.3 is 12.1 Å². The Morgan fingerprint density at radius 3 is 1.46 bits per heavy atom. The lowest BCUT2D eigenvalue weighted by Crippen LogP contribution is -2.48. The molecule has 0 aromatic heterocycles. The number of nitrogens with zero attached hydrogens (tertiary/aromatic N) is 2. The maximum absolute atomic E-state index is 10.5. The highest BCUT2D eigenvalue weighted by molar-refractivity contribution is 5.74. The molecule has 0 atom stereocenters. The van der Waals surface area contributed by atoms with E-state index in [-0.39, 0.29) is 6.67 Å². The predicted molar refractivity (Wildman–Crippen MR) is 41.9 cm³/mol. The molecule has 8 heteroatoms. The van der Waals surface area contributed by atoms with Crippen molar-refractivity contribution in [3.8, 4) is 0 Å². The molecule has 76 valence electrons. The van der Waals surface area contributed by atoms with Crippen molar-refractivity contribution in [2.75, 3.05) is 20.1 Å². The second kappa shape index (κ2) is 5.17. The Balaban J connectivity index is 4.19. The molecule has 0 saturated heterocycles. The van der Waals surface area contributed by atoms with Gasteiger partial charge in [0.05, 0.1) is 0 Å². The van der Waals surface area contributed by atoms with E-state index in [1.54, 1.807) is 0 Å². The first-order valence-electron chi connectivity index (χ1n) is 3.33. The van der Waals surface area contributed by atoms with E-state index in [1.807, 2.05) is 0 Å². The van der Waals surface area contributed by atoms with Crippen LogP contribution in [0.3, 0.4) is 0 Å². The smallest absolute Gasteiger partial charge is 0.318 e. The van der Waals surface area contributed by atoms with Gasteiger partial charge in [-0.25, -0.2) is 9.59 Å². The fraction of sp³-hybridized carbons (Fsp3) is 0.600. The van der Waals surface area contributed by atoms with Gasteiger partial charge in [0.25, 0.3) is 0 Å². The van der Waals surface area contributed by atoms with Gasteiger partial charge in [-0.2, -0.15) is 0 Å². The third-order valence-corrected chi connectivity index (χ3v) is 1.31. The van der Waals surface area contributed by atoms with Crippen molar-refractivity contribution < 1.29 is 19.8 Å². The van der Waals surface area contributed by atoms with Crippen LogP contribution in [0.4, 0.5) is 9.59 Å². The van der Waals surface area contributed by atoms with Crippen LogP contribution in [0, 0.1) is 0 Å². The summed E-state index contributed by atoms with van der Waals surface area (Å²) in [6.07, 6.45) is 0. The second-order valence-electron chi connectivity index (χ2n) is 2.18. The third kappa shape index (κ3) is 3.58. The molecule has 0 saturated carbocycles. The van der Waals surface area contributed by atoms with E-state index in [0.29, 0.717) is 0 Å². The number of aliphatic hydroxyl groups is 2. The normalized spacial score (nSPS) is 9.38. The fourth-order valence-electron chi connectivity index (χ4n) is 0.574. The molecule has 0 aromatic carbocycles. The summed E-state index contributed by atoms with van der Waals surface area (Å²) in [6, 6.07) is -1.83. The third-order valence-electron chi connectivity index (χ3n) is 1.31. The van der Waals surface area contributed by atoms with Crippen molar-refractivity contribution in [3.63, 3.8) is 0 Å². The van der Waals surface area contributed by atoms with Crippen LogP contribution in [0.25, 0.3) is 0 Å². The van der Waals surface area contributed by atoms with Gasteiger partial charge in [0.15, 0.2) is 0 Å². The molecule has 6 N–H and O–H groups in total. The van der Waals surface area contributed by atoms with Crippen LogP contribution in [-0.2, 0) is 0 Å². The number of urea groups is 2. The molecule has 0 fully saturated rings. The Morgan fingerprint density at radius 2 is 1.31 bits per heavy atom. The first-order valence-corrected chi connectivity index (χ1v) is 3.33. The van der Waals surface area contributed by atoms with Crippen LogP contribution < -0.4 is 11.5 Å². The quantitative estimate of drug-likeness (QED) is 0.369. The summed E-state index contributed by atoms with van der Waals surface area (Å²) >= 11 is 0. The molecule has 0 aliphatic carbocycles. The molecule has 0 aliphatic heterocycles. The molecule has 8 nitrogen and oxygen atoms in total. The average molecular weight is 192 g/mol. The standard InChI is InChI=1S/C5H12N4O4/c6-4(12)8(2-10)1-9(3-11)5(7)13/h10-11H,1-3H2,(H2,6,12)(H2,7,13). The van der Waals surface area contributed by atoms with Crippen LogP contribution >= 0.6 is 0 Å². The van der Waals surface area contributed by atoms with Crippen molar-refractivity contribution in [2.45, 2.75) is 0 Å². The topological polar surface area (TPSA) is 133 Å². The number of aliphatic hydroxyl groups excluding tert-OH is 2. The van der Waals surface area contributed by atoms with E-state index in [0.717, 1.165) is 9.80 Å². The SMILES string of the molecule is NC(=O)N(CO)CN(CO)C(N)=O. The summed E-state index contributed by atoms with van der Waals surface area (Å²) in [5.41, 5.74) is 9.63. The Hall–Kier alpha value is -1.54. The summed E-state index contributed by atoms with van der Waals surface area (Å²) in [5, 5.41) is 17.2. The molecule has 0 aliphatic rings. The van der Waals surface area contributed by atoms with Gasteiger partial charge in [-0.05, 0) is 0 Å². The monoisotopic (exact) mass is 192 g/mol. The van der Waals surface area contributed by atoms with Crippen LogP contribution in [0.5, 0.6) is 0 Å². The van der Waals surface area contributed by atoms with Gasteiger partial charge in [0.2, 0.25) is 0 Å². The van der Waals surface area contributed by atoms with Crippen LogP contribution in [0.1, 0.15) is 0 Å². The van der Waals surface area contributed by atoms with Gasteiger partial charge in [-0.1, -0.05) is 0 Å². The highest BCUT2D eigenvalue weighted by Gasteiger charge is 2.15. The van der Waals surface area contributed by atoms with E-state index in [4.69, 9.17) is 21.7 Å². The lowest BCUT2D eigenvalue weighted by atomic mass is 10.7. The Kier molecular flexibility index (Phi) is 4.55. The molecule has 0 rings (SSSR count). The van der Waals surface area contributed by atoms with Crippen LogP contribution in [0.2, 0.25) is 0 Å². The van der Waals surface area contributed by atoms with E-state index in [9.17, 15) is 9.59 Å². The largest absolute Gasteiger partial charge is 0.376 e. The Labute approximate surface area is 74.3 Å². The van der Waals surface area contributed by atoms with E-state index in [1.165, 1.54) is 0 Å². The zero-order valence-corrected chi connectivity index (χ0v) is 6.88.